The van der Waals surface area contributed by atoms with E-state index in [-0.39, 0.29) is 12.1 Å². The largest absolute Gasteiger partial charge is 0.330 e. The third-order valence-electron chi connectivity index (χ3n) is 4.38. The van der Waals surface area contributed by atoms with E-state index in [1.165, 1.54) is 11.1 Å². The highest BCUT2D eigenvalue weighted by atomic mass is 16.2. The lowest BCUT2D eigenvalue weighted by Crippen LogP contribution is -2.36. The number of amides is 2. The van der Waals surface area contributed by atoms with E-state index in [2.05, 4.69) is 31.1 Å². The monoisotopic (exact) mass is 309 g/mol. The van der Waals surface area contributed by atoms with E-state index in [1.807, 2.05) is 41.3 Å². The molecule has 0 saturated heterocycles. The van der Waals surface area contributed by atoms with Crippen LogP contribution in [-0.4, -0.2) is 44.0 Å². The lowest BCUT2D eigenvalue weighted by Gasteiger charge is -2.29. The second-order valence-electron chi connectivity index (χ2n) is 6.38. The number of fused-ring (bicyclic) bond motifs is 2. The predicted molar refractivity (Wildman–Crippen MR) is 94.2 cm³/mol. The molecule has 120 valence electrons. The molecule has 0 aromatic heterocycles. The summed E-state index contributed by atoms with van der Waals surface area (Å²) >= 11 is 0. The maximum atomic E-state index is 12.9. The Morgan fingerprint density at radius 2 is 1.57 bits per heavy atom. The zero-order valence-corrected chi connectivity index (χ0v) is 14.2. The molecular weight excluding hydrogens is 286 g/mol. The molecule has 0 spiro atoms. The number of carbonyl (C=O) groups excluding carboxylic acids is 1. The van der Waals surface area contributed by atoms with Crippen molar-refractivity contribution in [3.63, 3.8) is 0 Å². The molecule has 4 nitrogen and oxygen atoms in total. The maximum Gasteiger partial charge on any atom is 0.328 e. The second-order valence-corrected chi connectivity index (χ2v) is 6.38. The van der Waals surface area contributed by atoms with Crippen LogP contribution >= 0.6 is 0 Å². The van der Waals surface area contributed by atoms with Gasteiger partial charge in [-0.25, -0.2) is 4.79 Å². The number of nitrogens with zero attached hydrogens (tertiary/aromatic N) is 3. The molecule has 1 unspecified atom stereocenters. The van der Waals surface area contributed by atoms with Gasteiger partial charge in [-0.15, -0.1) is 0 Å². The van der Waals surface area contributed by atoms with Gasteiger partial charge in [0.25, 0.3) is 0 Å². The van der Waals surface area contributed by atoms with E-state index in [0.29, 0.717) is 0 Å². The van der Waals surface area contributed by atoms with Crippen LogP contribution in [0.4, 0.5) is 16.2 Å². The minimum atomic E-state index is -0.0238. The van der Waals surface area contributed by atoms with Crippen LogP contribution in [0.1, 0.15) is 17.2 Å². The zero-order valence-electron chi connectivity index (χ0n) is 14.2. The number of likely N-dealkylation sites (N-methyl/N-ethyl adjacent to an activating group) is 1. The summed E-state index contributed by atoms with van der Waals surface area (Å²) in [5, 5.41) is 0. The lowest BCUT2D eigenvalue weighted by atomic mass is 9.98. The number of hydrogen-bond donors (Lipinski definition) is 0. The topological polar surface area (TPSA) is 26.8 Å². The van der Waals surface area contributed by atoms with Crippen molar-refractivity contribution >= 4 is 17.4 Å². The van der Waals surface area contributed by atoms with Gasteiger partial charge in [-0.3, -0.25) is 4.90 Å². The number of benzene rings is 2. The van der Waals surface area contributed by atoms with Gasteiger partial charge in [0.15, 0.2) is 0 Å². The molecule has 0 N–H and O–H groups in total. The molecule has 2 aromatic carbocycles. The molecule has 4 heteroatoms. The Hall–Kier alpha value is -2.33. The molecule has 2 amide bonds. The van der Waals surface area contributed by atoms with E-state index < -0.39 is 0 Å². The fourth-order valence-electron chi connectivity index (χ4n) is 3.19. The highest BCUT2D eigenvalue weighted by Gasteiger charge is 2.31. The van der Waals surface area contributed by atoms with Crippen molar-refractivity contribution in [2.24, 2.45) is 0 Å². The van der Waals surface area contributed by atoms with Crippen molar-refractivity contribution in [1.29, 1.82) is 0 Å². The van der Waals surface area contributed by atoms with Crippen LogP contribution in [-0.2, 0) is 6.42 Å². The third-order valence-corrected chi connectivity index (χ3v) is 4.38. The molecule has 0 bridgehead atoms. The normalized spacial score (nSPS) is 16.6. The highest BCUT2D eigenvalue weighted by molar-refractivity contribution is 6.01. The summed E-state index contributed by atoms with van der Waals surface area (Å²) in [6.45, 7) is 0. The van der Waals surface area contributed by atoms with E-state index in [4.69, 9.17) is 0 Å². The Bertz CT molecular complexity index is 724. The molecular formula is C19H23N3O. The van der Waals surface area contributed by atoms with Gasteiger partial charge >= 0.3 is 6.03 Å². The Morgan fingerprint density at radius 3 is 2.22 bits per heavy atom. The SMILES string of the molecule is CN(C)C(=O)N1c2ccccc2CC(N(C)C)c2ccccc21. The Labute approximate surface area is 137 Å². The zero-order chi connectivity index (χ0) is 16.6. The van der Waals surface area contributed by atoms with E-state index >= 15 is 0 Å². The van der Waals surface area contributed by atoms with Gasteiger partial charge in [0.05, 0.1) is 11.4 Å². The quantitative estimate of drug-likeness (QED) is 0.803. The first-order valence-electron chi connectivity index (χ1n) is 7.85. The first-order valence-corrected chi connectivity index (χ1v) is 7.85. The first-order chi connectivity index (χ1) is 11.0. The molecule has 1 heterocycles. The summed E-state index contributed by atoms with van der Waals surface area (Å²) in [4.78, 5) is 18.6. The summed E-state index contributed by atoms with van der Waals surface area (Å²) in [6.07, 6.45) is 0.886. The number of hydrogen-bond acceptors (Lipinski definition) is 2. The molecule has 0 aliphatic carbocycles. The number of rotatable bonds is 1. The van der Waals surface area contributed by atoms with Crippen LogP contribution in [0.25, 0.3) is 0 Å². The standard InChI is InChI=1S/C19H23N3O/c1-20(2)18-13-14-9-5-7-11-16(14)22(19(23)21(3)4)17-12-8-6-10-15(17)18/h5-12,18H,13H2,1-4H3. The summed E-state index contributed by atoms with van der Waals surface area (Å²) in [5.41, 5.74) is 4.32. The van der Waals surface area contributed by atoms with Crippen molar-refractivity contribution in [3.05, 3.63) is 59.7 Å². The fourth-order valence-corrected chi connectivity index (χ4v) is 3.19. The van der Waals surface area contributed by atoms with Gasteiger partial charge in [-0.1, -0.05) is 36.4 Å². The van der Waals surface area contributed by atoms with Gasteiger partial charge in [0.2, 0.25) is 0 Å². The van der Waals surface area contributed by atoms with Crippen LogP contribution in [0.15, 0.2) is 48.5 Å². The van der Waals surface area contributed by atoms with Crippen LogP contribution in [0.2, 0.25) is 0 Å². The van der Waals surface area contributed by atoms with Gasteiger partial charge in [-0.05, 0) is 43.8 Å². The third kappa shape index (κ3) is 2.70. The highest BCUT2D eigenvalue weighted by Crippen LogP contribution is 2.41. The molecule has 0 fully saturated rings. The van der Waals surface area contributed by atoms with Gasteiger partial charge in [-0.2, -0.15) is 0 Å². The van der Waals surface area contributed by atoms with E-state index in [9.17, 15) is 4.79 Å². The molecule has 1 aliphatic rings. The van der Waals surface area contributed by atoms with Gasteiger partial charge < -0.3 is 9.80 Å². The van der Waals surface area contributed by atoms with Gasteiger partial charge in [0, 0.05) is 20.1 Å². The summed E-state index contributed by atoms with van der Waals surface area (Å²) in [5.74, 6) is 0. The van der Waals surface area contributed by atoms with Crippen LogP contribution in [0.5, 0.6) is 0 Å². The van der Waals surface area contributed by atoms with Crippen molar-refractivity contribution in [1.82, 2.24) is 9.80 Å². The van der Waals surface area contributed by atoms with Gasteiger partial charge in [0.1, 0.15) is 0 Å². The molecule has 23 heavy (non-hydrogen) atoms. The van der Waals surface area contributed by atoms with E-state index in [0.717, 1.165) is 17.8 Å². The van der Waals surface area contributed by atoms with Crippen molar-refractivity contribution < 1.29 is 4.79 Å². The second kappa shape index (κ2) is 6.05. The molecule has 0 saturated carbocycles. The summed E-state index contributed by atoms with van der Waals surface area (Å²) in [6, 6.07) is 16.6. The minimum absolute atomic E-state index is 0.0238. The maximum absolute atomic E-state index is 12.9. The smallest absolute Gasteiger partial charge is 0.328 e. The first kappa shape index (κ1) is 15.6. The summed E-state index contributed by atoms with van der Waals surface area (Å²) < 4.78 is 0. The van der Waals surface area contributed by atoms with Crippen molar-refractivity contribution in [2.45, 2.75) is 12.5 Å². The lowest BCUT2D eigenvalue weighted by molar-refractivity contribution is 0.226. The van der Waals surface area contributed by atoms with Crippen LogP contribution in [0, 0.1) is 0 Å². The van der Waals surface area contributed by atoms with Crippen LogP contribution < -0.4 is 4.90 Å². The number of para-hydroxylation sites is 2. The van der Waals surface area contributed by atoms with Crippen LogP contribution in [0.3, 0.4) is 0 Å². The average Bonchev–Trinajstić information content (AvgIpc) is 2.68. The summed E-state index contributed by atoms with van der Waals surface area (Å²) in [7, 11) is 7.77. The molecule has 1 aliphatic heterocycles. The number of urea groups is 1. The minimum Gasteiger partial charge on any atom is -0.330 e. The Balaban J connectivity index is 2.27. The van der Waals surface area contributed by atoms with Crippen molar-refractivity contribution in [3.8, 4) is 0 Å². The molecule has 2 aromatic rings. The number of carbonyl (C=O) groups is 1. The Morgan fingerprint density at radius 1 is 0.957 bits per heavy atom. The van der Waals surface area contributed by atoms with E-state index in [1.54, 1.807) is 19.0 Å². The Kier molecular flexibility index (Phi) is 4.09. The molecule has 3 rings (SSSR count). The number of anilines is 2. The molecule has 1 atom stereocenters. The molecule has 0 radical (unpaired) electrons. The van der Waals surface area contributed by atoms with Crippen molar-refractivity contribution in [2.75, 3.05) is 33.1 Å². The predicted octanol–water partition coefficient (Wildman–Crippen LogP) is 3.67. The average molecular weight is 309 g/mol. The fraction of sp³-hybridized carbons (Fsp3) is 0.316.